The summed E-state index contributed by atoms with van der Waals surface area (Å²) in [5, 5.41) is 20.7. The summed E-state index contributed by atoms with van der Waals surface area (Å²) >= 11 is 0. The maximum Gasteiger partial charge on any atom is 0.230 e. The molecule has 2 aliphatic rings. The van der Waals surface area contributed by atoms with Crippen molar-refractivity contribution in [3.05, 3.63) is 53.9 Å². The number of para-hydroxylation sites is 1. The van der Waals surface area contributed by atoms with Gasteiger partial charge in [0.2, 0.25) is 5.91 Å². The monoisotopic (exact) mass is 452 g/mol. The molecule has 7 heteroatoms. The fourth-order valence-electron chi connectivity index (χ4n) is 4.98. The van der Waals surface area contributed by atoms with E-state index in [4.69, 9.17) is 0 Å². The second kappa shape index (κ2) is 9.79. The standard InChI is InChI=1S/C26H36N4O3/c1-4-26(33,19(2)31)24-10-9-22(18-27-24)30-12-11-21(25(30)32)17-20-7-5-6-8-23(20)29-15-13-28(3)14-16-29/h5-10,18-19,21,31,33H,4,11-17H2,1-3H3/t19-,21?,26+/m0/s1. The van der Waals surface area contributed by atoms with E-state index in [1.807, 2.05) is 13.0 Å². The van der Waals surface area contributed by atoms with Crippen molar-refractivity contribution in [2.75, 3.05) is 49.6 Å². The highest BCUT2D eigenvalue weighted by Crippen LogP contribution is 2.33. The molecule has 2 aromatic rings. The maximum atomic E-state index is 13.3. The van der Waals surface area contributed by atoms with Gasteiger partial charge < -0.3 is 24.9 Å². The van der Waals surface area contributed by atoms with E-state index < -0.39 is 11.7 Å². The number of anilines is 2. The highest BCUT2D eigenvalue weighted by atomic mass is 16.3. The van der Waals surface area contributed by atoms with Gasteiger partial charge in [-0.15, -0.1) is 0 Å². The van der Waals surface area contributed by atoms with E-state index in [0.29, 0.717) is 18.7 Å². The first-order chi connectivity index (χ1) is 15.8. The Morgan fingerprint density at radius 1 is 1.12 bits per heavy atom. The first kappa shape index (κ1) is 23.7. The van der Waals surface area contributed by atoms with Crippen molar-refractivity contribution in [2.45, 2.75) is 44.8 Å². The first-order valence-electron chi connectivity index (χ1n) is 12.0. The summed E-state index contributed by atoms with van der Waals surface area (Å²) in [4.78, 5) is 24.3. The molecule has 0 bridgehead atoms. The summed E-state index contributed by atoms with van der Waals surface area (Å²) in [6.45, 7) is 8.16. The van der Waals surface area contributed by atoms with Crippen molar-refractivity contribution in [3.8, 4) is 0 Å². The van der Waals surface area contributed by atoms with Crippen LogP contribution in [0, 0.1) is 5.92 Å². The molecule has 178 valence electrons. The van der Waals surface area contributed by atoms with Crippen LogP contribution < -0.4 is 9.80 Å². The Morgan fingerprint density at radius 2 is 1.85 bits per heavy atom. The number of likely N-dealkylation sites (N-methyl/N-ethyl adjacent to an activating group) is 1. The number of pyridine rings is 1. The molecule has 0 radical (unpaired) electrons. The summed E-state index contributed by atoms with van der Waals surface area (Å²) in [6, 6.07) is 12.0. The third kappa shape index (κ3) is 4.76. The molecule has 1 aromatic carbocycles. The summed E-state index contributed by atoms with van der Waals surface area (Å²) in [5.74, 6) is 0.0716. The van der Waals surface area contributed by atoms with Gasteiger partial charge in [0.15, 0.2) is 0 Å². The molecule has 3 atom stereocenters. The van der Waals surface area contributed by atoms with Crippen LogP contribution in [0.15, 0.2) is 42.6 Å². The molecule has 33 heavy (non-hydrogen) atoms. The molecule has 1 amide bonds. The zero-order chi connectivity index (χ0) is 23.6. The van der Waals surface area contributed by atoms with Crippen molar-refractivity contribution in [1.29, 1.82) is 0 Å². The van der Waals surface area contributed by atoms with Gasteiger partial charge in [-0.25, -0.2) is 0 Å². The van der Waals surface area contributed by atoms with E-state index >= 15 is 0 Å². The minimum absolute atomic E-state index is 0.0525. The highest BCUT2D eigenvalue weighted by molar-refractivity contribution is 5.97. The molecule has 2 saturated heterocycles. The van der Waals surface area contributed by atoms with E-state index in [0.717, 1.165) is 44.7 Å². The van der Waals surface area contributed by atoms with Crippen LogP contribution in [-0.2, 0) is 16.8 Å². The minimum atomic E-state index is -1.39. The van der Waals surface area contributed by atoms with Crippen LogP contribution in [0.25, 0.3) is 0 Å². The quantitative estimate of drug-likeness (QED) is 0.672. The van der Waals surface area contributed by atoms with E-state index in [1.54, 1.807) is 24.1 Å². The van der Waals surface area contributed by atoms with Gasteiger partial charge >= 0.3 is 0 Å². The summed E-state index contributed by atoms with van der Waals surface area (Å²) < 4.78 is 0. The Morgan fingerprint density at radius 3 is 2.48 bits per heavy atom. The Kier molecular flexibility index (Phi) is 7.02. The predicted molar refractivity (Wildman–Crippen MR) is 130 cm³/mol. The highest BCUT2D eigenvalue weighted by Gasteiger charge is 2.36. The maximum absolute atomic E-state index is 13.3. The van der Waals surface area contributed by atoms with E-state index in [1.165, 1.54) is 11.3 Å². The number of carbonyl (C=O) groups is 1. The molecule has 3 heterocycles. The fraction of sp³-hybridized carbons (Fsp3) is 0.538. The Labute approximate surface area is 196 Å². The lowest BCUT2D eigenvalue weighted by Crippen LogP contribution is -2.44. The second-order valence-electron chi connectivity index (χ2n) is 9.45. The zero-order valence-corrected chi connectivity index (χ0v) is 19.9. The number of piperazine rings is 1. The van der Waals surface area contributed by atoms with Gasteiger partial charge in [0.1, 0.15) is 5.60 Å². The number of nitrogens with zero attached hydrogens (tertiary/aromatic N) is 4. The van der Waals surface area contributed by atoms with Crippen molar-refractivity contribution in [3.63, 3.8) is 0 Å². The van der Waals surface area contributed by atoms with Gasteiger partial charge in [-0.1, -0.05) is 25.1 Å². The summed E-state index contributed by atoms with van der Waals surface area (Å²) in [5.41, 5.74) is 2.26. The number of aliphatic hydroxyl groups is 2. The van der Waals surface area contributed by atoms with Gasteiger partial charge in [-0.3, -0.25) is 9.78 Å². The van der Waals surface area contributed by atoms with Crippen molar-refractivity contribution < 1.29 is 15.0 Å². The number of hydrogen-bond donors (Lipinski definition) is 2. The molecule has 2 N–H and O–H groups in total. The van der Waals surface area contributed by atoms with Crippen molar-refractivity contribution in [2.24, 2.45) is 5.92 Å². The molecule has 1 unspecified atom stereocenters. The average molecular weight is 453 g/mol. The second-order valence-corrected chi connectivity index (χ2v) is 9.45. The molecule has 0 spiro atoms. The molecule has 0 aliphatic carbocycles. The van der Waals surface area contributed by atoms with Gasteiger partial charge in [-0.05, 0) is 57.0 Å². The number of rotatable bonds is 7. The number of carbonyl (C=O) groups excluding carboxylic acids is 1. The van der Waals surface area contributed by atoms with E-state index in [9.17, 15) is 15.0 Å². The third-order valence-corrected chi connectivity index (χ3v) is 7.35. The smallest absolute Gasteiger partial charge is 0.230 e. The summed E-state index contributed by atoms with van der Waals surface area (Å²) in [6.07, 6.45) is 2.61. The van der Waals surface area contributed by atoms with Gasteiger partial charge in [0.25, 0.3) is 0 Å². The lowest BCUT2D eigenvalue weighted by atomic mass is 9.90. The van der Waals surface area contributed by atoms with Crippen molar-refractivity contribution >= 4 is 17.3 Å². The molecule has 2 fully saturated rings. The molecule has 2 aliphatic heterocycles. The Hall–Kier alpha value is -2.48. The third-order valence-electron chi connectivity index (χ3n) is 7.35. The van der Waals surface area contributed by atoms with Gasteiger partial charge in [0, 0.05) is 44.3 Å². The van der Waals surface area contributed by atoms with Crippen LogP contribution in [-0.4, -0.2) is 71.9 Å². The number of benzene rings is 1. The molecule has 0 saturated carbocycles. The van der Waals surface area contributed by atoms with Crippen molar-refractivity contribution in [1.82, 2.24) is 9.88 Å². The summed E-state index contributed by atoms with van der Waals surface area (Å²) in [7, 11) is 2.16. The Bertz CT molecular complexity index is 956. The van der Waals surface area contributed by atoms with E-state index in [2.05, 4.69) is 46.1 Å². The SMILES string of the molecule is CC[C@](O)(c1ccc(N2CCC(Cc3ccccc3N3CCN(C)CC3)C2=O)cn1)[C@H](C)O. The first-order valence-corrected chi connectivity index (χ1v) is 12.0. The molecule has 4 rings (SSSR count). The average Bonchev–Trinajstić information content (AvgIpc) is 3.19. The normalized spacial score (nSPS) is 22.5. The molecular formula is C26H36N4O3. The van der Waals surface area contributed by atoms with Crippen LogP contribution in [0.4, 0.5) is 11.4 Å². The minimum Gasteiger partial charge on any atom is -0.390 e. The predicted octanol–water partition coefficient (Wildman–Crippen LogP) is 2.41. The van der Waals surface area contributed by atoms with E-state index in [-0.39, 0.29) is 11.8 Å². The topological polar surface area (TPSA) is 80.1 Å². The van der Waals surface area contributed by atoms with Gasteiger partial charge in [0.05, 0.1) is 23.7 Å². The Balaban J connectivity index is 1.46. The number of hydrogen-bond acceptors (Lipinski definition) is 6. The van der Waals surface area contributed by atoms with Crippen LogP contribution >= 0.6 is 0 Å². The van der Waals surface area contributed by atoms with Crippen LogP contribution in [0.1, 0.15) is 37.9 Å². The van der Waals surface area contributed by atoms with Gasteiger partial charge in [-0.2, -0.15) is 0 Å². The molecular weight excluding hydrogens is 416 g/mol. The molecule has 7 nitrogen and oxygen atoms in total. The van der Waals surface area contributed by atoms with Crippen LogP contribution in [0.2, 0.25) is 0 Å². The molecule has 1 aromatic heterocycles. The lowest BCUT2D eigenvalue weighted by Gasteiger charge is -2.35. The largest absolute Gasteiger partial charge is 0.390 e. The lowest BCUT2D eigenvalue weighted by molar-refractivity contribution is -0.120. The fourth-order valence-corrected chi connectivity index (χ4v) is 4.98. The number of aliphatic hydroxyl groups excluding tert-OH is 1. The number of amides is 1. The zero-order valence-electron chi connectivity index (χ0n) is 19.9. The number of aromatic nitrogens is 1. The van der Waals surface area contributed by atoms with Crippen LogP contribution in [0.3, 0.4) is 0 Å². The van der Waals surface area contributed by atoms with Crippen LogP contribution in [0.5, 0.6) is 0 Å².